The maximum atomic E-state index is 13.3. The zero-order valence-electron chi connectivity index (χ0n) is 18.9. The summed E-state index contributed by atoms with van der Waals surface area (Å²) in [6, 6.07) is 14.2. The van der Waals surface area contributed by atoms with Crippen molar-refractivity contribution in [2.75, 3.05) is 12.4 Å². The fourth-order valence-electron chi connectivity index (χ4n) is 4.38. The van der Waals surface area contributed by atoms with Gasteiger partial charge in [0.15, 0.2) is 0 Å². The number of aromatic nitrogens is 1. The van der Waals surface area contributed by atoms with Gasteiger partial charge in [-0.05, 0) is 61.6 Å². The molecular formula is C25H28N4O5. The lowest BCUT2D eigenvalue weighted by atomic mass is 9.92. The molecule has 9 heteroatoms. The number of anilines is 1. The van der Waals surface area contributed by atoms with E-state index in [0.29, 0.717) is 23.5 Å². The minimum absolute atomic E-state index is 0.0716. The number of fused-ring (bicyclic) bond motifs is 1. The molecule has 1 fully saturated rings. The zero-order valence-corrected chi connectivity index (χ0v) is 18.9. The summed E-state index contributed by atoms with van der Waals surface area (Å²) in [5, 5.41) is 15.4. The van der Waals surface area contributed by atoms with E-state index in [-0.39, 0.29) is 18.0 Å². The predicted molar refractivity (Wildman–Crippen MR) is 128 cm³/mol. The molecule has 0 unspecified atom stereocenters. The second-order valence-corrected chi connectivity index (χ2v) is 8.59. The number of nitrogens with two attached hydrogens (primary N) is 1. The van der Waals surface area contributed by atoms with Gasteiger partial charge in [-0.15, -0.1) is 0 Å². The van der Waals surface area contributed by atoms with Crippen LogP contribution < -0.4 is 16.4 Å². The number of hydrogen-bond donors (Lipinski definition) is 4. The lowest BCUT2D eigenvalue weighted by Gasteiger charge is -2.27. The van der Waals surface area contributed by atoms with E-state index < -0.39 is 12.1 Å². The van der Waals surface area contributed by atoms with Crippen molar-refractivity contribution < 1.29 is 24.2 Å². The highest BCUT2D eigenvalue weighted by Crippen LogP contribution is 2.26. The Bertz CT molecular complexity index is 1210. The third-order valence-electron chi connectivity index (χ3n) is 6.21. The van der Waals surface area contributed by atoms with Gasteiger partial charge in [-0.1, -0.05) is 18.2 Å². The Hall–Kier alpha value is -3.85. The molecule has 178 valence electrons. The fourth-order valence-corrected chi connectivity index (χ4v) is 4.38. The standard InChI is InChI=1S/C25H28N4O5/c1-34-24(31)16-4-2-15(3-5-16)14-29-21-13-20(28-25(32)33)9-6-17(21)12-22(29)23(30)27-19-10-7-18(26)8-11-19/h2-6,9,12-13,18-19,28H,7-8,10-11,14,26H2,1H3,(H,27,30)(H,32,33). The van der Waals surface area contributed by atoms with Crippen LogP contribution in [0.5, 0.6) is 0 Å². The first-order valence-electron chi connectivity index (χ1n) is 11.2. The molecule has 0 saturated heterocycles. The van der Waals surface area contributed by atoms with E-state index >= 15 is 0 Å². The molecule has 1 heterocycles. The minimum Gasteiger partial charge on any atom is -0.465 e. The first kappa shape index (κ1) is 23.3. The van der Waals surface area contributed by atoms with Crippen molar-refractivity contribution in [3.63, 3.8) is 0 Å². The van der Waals surface area contributed by atoms with Crippen molar-refractivity contribution in [2.24, 2.45) is 5.73 Å². The van der Waals surface area contributed by atoms with Gasteiger partial charge in [-0.2, -0.15) is 0 Å². The summed E-state index contributed by atoms with van der Waals surface area (Å²) in [6.45, 7) is 0.361. The molecule has 2 aromatic carbocycles. The van der Waals surface area contributed by atoms with Gasteiger partial charge < -0.3 is 25.5 Å². The first-order chi connectivity index (χ1) is 16.3. The highest BCUT2D eigenvalue weighted by Gasteiger charge is 2.23. The number of carboxylic acid groups (broad SMARTS) is 1. The summed E-state index contributed by atoms with van der Waals surface area (Å²) in [4.78, 5) is 36.2. The molecule has 1 aliphatic carbocycles. The third kappa shape index (κ3) is 5.20. The van der Waals surface area contributed by atoms with Crippen molar-refractivity contribution in [1.29, 1.82) is 0 Å². The van der Waals surface area contributed by atoms with Crippen LogP contribution in [0, 0.1) is 0 Å². The van der Waals surface area contributed by atoms with Crippen LogP contribution in [-0.4, -0.2) is 46.8 Å². The van der Waals surface area contributed by atoms with Gasteiger partial charge >= 0.3 is 12.1 Å². The average Bonchev–Trinajstić information content (AvgIpc) is 3.18. The number of methoxy groups -OCH3 is 1. The number of hydrogen-bond acceptors (Lipinski definition) is 5. The number of esters is 1. The number of amides is 2. The molecule has 1 aliphatic rings. The molecule has 2 amide bonds. The van der Waals surface area contributed by atoms with E-state index in [1.165, 1.54) is 7.11 Å². The number of ether oxygens (including phenoxy) is 1. The average molecular weight is 465 g/mol. The molecular weight excluding hydrogens is 436 g/mol. The molecule has 0 aliphatic heterocycles. The van der Waals surface area contributed by atoms with Crippen LogP contribution in [-0.2, 0) is 11.3 Å². The van der Waals surface area contributed by atoms with Crippen LogP contribution in [0.3, 0.4) is 0 Å². The Kier molecular flexibility index (Phi) is 6.83. The van der Waals surface area contributed by atoms with Crippen LogP contribution >= 0.6 is 0 Å². The molecule has 0 spiro atoms. The number of rotatable bonds is 6. The van der Waals surface area contributed by atoms with E-state index in [0.717, 1.165) is 42.1 Å². The molecule has 34 heavy (non-hydrogen) atoms. The van der Waals surface area contributed by atoms with Crippen LogP contribution in [0.4, 0.5) is 10.5 Å². The molecule has 0 bridgehead atoms. The Morgan fingerprint density at radius 2 is 1.76 bits per heavy atom. The fraction of sp³-hybridized carbons (Fsp3) is 0.320. The number of carbonyl (C=O) groups excluding carboxylic acids is 2. The van der Waals surface area contributed by atoms with Crippen LogP contribution in [0.15, 0.2) is 48.5 Å². The van der Waals surface area contributed by atoms with Gasteiger partial charge in [-0.3, -0.25) is 10.1 Å². The maximum absolute atomic E-state index is 13.3. The summed E-state index contributed by atoms with van der Waals surface area (Å²) < 4.78 is 6.61. The van der Waals surface area contributed by atoms with Crippen LogP contribution in [0.25, 0.3) is 10.9 Å². The van der Waals surface area contributed by atoms with E-state index in [1.54, 1.807) is 30.3 Å². The van der Waals surface area contributed by atoms with E-state index in [1.807, 2.05) is 22.8 Å². The van der Waals surface area contributed by atoms with Gasteiger partial charge in [-0.25, -0.2) is 9.59 Å². The van der Waals surface area contributed by atoms with Gasteiger partial charge in [0.1, 0.15) is 5.69 Å². The summed E-state index contributed by atoms with van der Waals surface area (Å²) in [7, 11) is 1.33. The largest absolute Gasteiger partial charge is 0.465 e. The summed E-state index contributed by atoms with van der Waals surface area (Å²) in [6.07, 6.45) is 2.28. The molecule has 3 aromatic rings. The smallest absolute Gasteiger partial charge is 0.409 e. The Morgan fingerprint density at radius 1 is 1.06 bits per heavy atom. The van der Waals surface area contributed by atoms with Crippen LogP contribution in [0.2, 0.25) is 0 Å². The van der Waals surface area contributed by atoms with Gasteiger partial charge in [0.2, 0.25) is 0 Å². The number of nitrogens with one attached hydrogen (secondary N) is 2. The van der Waals surface area contributed by atoms with Gasteiger partial charge in [0.25, 0.3) is 5.91 Å². The minimum atomic E-state index is -1.16. The summed E-state index contributed by atoms with van der Waals surface area (Å²) in [5.41, 5.74) is 8.92. The van der Waals surface area contributed by atoms with Crippen LogP contribution in [0.1, 0.15) is 52.1 Å². The summed E-state index contributed by atoms with van der Waals surface area (Å²) in [5.74, 6) is -0.606. The summed E-state index contributed by atoms with van der Waals surface area (Å²) >= 11 is 0. The van der Waals surface area contributed by atoms with Crippen molar-refractivity contribution >= 4 is 34.6 Å². The highest BCUT2D eigenvalue weighted by atomic mass is 16.5. The quantitative estimate of drug-likeness (QED) is 0.412. The molecule has 1 saturated carbocycles. The number of nitrogens with zero attached hydrogens (tertiary/aromatic N) is 1. The monoisotopic (exact) mass is 464 g/mol. The van der Waals surface area contributed by atoms with E-state index in [4.69, 9.17) is 15.6 Å². The molecule has 1 aromatic heterocycles. The normalized spacial score (nSPS) is 17.8. The van der Waals surface area contributed by atoms with Gasteiger partial charge in [0.05, 0.1) is 18.2 Å². The number of carbonyl (C=O) groups is 3. The molecule has 0 atom stereocenters. The first-order valence-corrected chi connectivity index (χ1v) is 11.2. The van der Waals surface area contributed by atoms with Crippen molar-refractivity contribution in [2.45, 2.75) is 44.3 Å². The lowest BCUT2D eigenvalue weighted by molar-refractivity contribution is 0.0600. The zero-order chi connectivity index (χ0) is 24.2. The van der Waals surface area contributed by atoms with Crippen molar-refractivity contribution in [1.82, 2.24) is 9.88 Å². The third-order valence-corrected chi connectivity index (χ3v) is 6.21. The molecule has 4 rings (SSSR count). The molecule has 0 radical (unpaired) electrons. The highest BCUT2D eigenvalue weighted by molar-refractivity contribution is 6.00. The topological polar surface area (TPSA) is 136 Å². The molecule has 5 N–H and O–H groups in total. The predicted octanol–water partition coefficient (Wildman–Crippen LogP) is 3.57. The van der Waals surface area contributed by atoms with Crippen molar-refractivity contribution in [3.8, 4) is 0 Å². The SMILES string of the molecule is COC(=O)c1ccc(Cn2c(C(=O)NC3CCC(N)CC3)cc3ccc(NC(=O)O)cc32)cc1. The van der Waals surface area contributed by atoms with E-state index in [2.05, 4.69) is 10.6 Å². The second kappa shape index (κ2) is 9.96. The Labute approximate surface area is 196 Å². The second-order valence-electron chi connectivity index (χ2n) is 8.59. The van der Waals surface area contributed by atoms with Gasteiger partial charge in [0, 0.05) is 29.7 Å². The maximum Gasteiger partial charge on any atom is 0.409 e. The lowest BCUT2D eigenvalue weighted by Crippen LogP contribution is -2.41. The van der Waals surface area contributed by atoms with E-state index in [9.17, 15) is 14.4 Å². The number of benzene rings is 2. The molecule has 9 nitrogen and oxygen atoms in total. The van der Waals surface area contributed by atoms with Crippen molar-refractivity contribution in [3.05, 3.63) is 65.4 Å². The Balaban J connectivity index is 1.67. The Morgan fingerprint density at radius 3 is 2.41 bits per heavy atom.